The number of hydrogen-bond donors (Lipinski definition) is 0. The average Bonchev–Trinajstić information content (AvgIpc) is 2.24. The monoisotopic (exact) mass is 302 g/mol. The van der Waals surface area contributed by atoms with E-state index in [1.165, 1.54) is 38.5 Å². The third-order valence-electron chi connectivity index (χ3n) is 2.93. The summed E-state index contributed by atoms with van der Waals surface area (Å²) in [7, 11) is -4.75. The Kier molecular flexibility index (Phi) is 16.1. The Balaban J connectivity index is 0. The van der Waals surface area contributed by atoms with Crippen molar-refractivity contribution in [2.45, 2.75) is 71.6 Å². The molecule has 0 saturated carbocycles. The van der Waals surface area contributed by atoms with E-state index in [0.717, 1.165) is 18.8 Å². The molecule has 19 heavy (non-hydrogen) atoms. The summed E-state index contributed by atoms with van der Waals surface area (Å²) in [5, 5.41) is 0. The molecular formula is C13H27MgO4P. The number of phosphoric ester groups is 1. The Labute approximate surface area is 134 Å². The summed E-state index contributed by atoms with van der Waals surface area (Å²) in [4.78, 5) is 20.3. The normalized spacial score (nSPS) is 11.6. The van der Waals surface area contributed by atoms with E-state index < -0.39 is 7.82 Å². The van der Waals surface area contributed by atoms with Crippen molar-refractivity contribution in [3.63, 3.8) is 0 Å². The van der Waals surface area contributed by atoms with Crippen LogP contribution in [0.25, 0.3) is 0 Å². The standard InChI is InChI=1S/C13H29O4P.Mg/c1-13(2)11-9-7-5-3-4-6-8-10-12-17-18(14,15)16;/h13H,3-12H2,1-2H3,(H2,14,15,16);/q;+2/p-2. The van der Waals surface area contributed by atoms with Crippen molar-refractivity contribution in [2.75, 3.05) is 6.61 Å². The van der Waals surface area contributed by atoms with Crippen LogP contribution in [0.5, 0.6) is 0 Å². The maximum absolute atomic E-state index is 10.2. The predicted octanol–water partition coefficient (Wildman–Crippen LogP) is 2.62. The number of unbranched alkanes of at least 4 members (excludes halogenated alkanes) is 7. The van der Waals surface area contributed by atoms with Crippen LogP contribution in [-0.4, -0.2) is 29.7 Å². The van der Waals surface area contributed by atoms with Gasteiger partial charge in [0.05, 0.1) is 14.4 Å². The molecule has 0 N–H and O–H groups in total. The van der Waals surface area contributed by atoms with Crippen LogP contribution in [0.15, 0.2) is 0 Å². The van der Waals surface area contributed by atoms with Gasteiger partial charge in [-0.2, -0.15) is 0 Å². The maximum Gasteiger partial charge on any atom is 2.00 e. The summed E-state index contributed by atoms with van der Waals surface area (Å²) in [5.74, 6) is 0.808. The second-order valence-electron chi connectivity index (χ2n) is 5.29. The molecule has 0 aromatic carbocycles. The van der Waals surface area contributed by atoms with Gasteiger partial charge in [-0.05, 0) is 12.3 Å². The van der Waals surface area contributed by atoms with Crippen LogP contribution < -0.4 is 9.79 Å². The van der Waals surface area contributed by atoms with Crippen LogP contribution in [0.3, 0.4) is 0 Å². The van der Waals surface area contributed by atoms with Crippen LogP contribution in [0.4, 0.5) is 0 Å². The number of rotatable bonds is 12. The Morgan fingerprint density at radius 2 is 1.32 bits per heavy atom. The van der Waals surface area contributed by atoms with Gasteiger partial charge in [0.2, 0.25) is 0 Å². The smallest absolute Gasteiger partial charge is 0.790 e. The molecule has 0 saturated heterocycles. The second-order valence-corrected chi connectivity index (χ2v) is 6.44. The molecule has 0 heterocycles. The fourth-order valence-electron chi connectivity index (χ4n) is 1.89. The van der Waals surface area contributed by atoms with Gasteiger partial charge in [0.25, 0.3) is 0 Å². The molecule has 110 valence electrons. The van der Waals surface area contributed by atoms with Gasteiger partial charge in [0.15, 0.2) is 0 Å². The minimum atomic E-state index is -4.75. The van der Waals surface area contributed by atoms with Crippen molar-refractivity contribution in [1.82, 2.24) is 0 Å². The van der Waals surface area contributed by atoms with Crippen LogP contribution >= 0.6 is 7.82 Å². The number of hydrogen-bond acceptors (Lipinski definition) is 4. The van der Waals surface area contributed by atoms with Gasteiger partial charge in [-0.25, -0.2) is 0 Å². The Morgan fingerprint density at radius 1 is 0.895 bits per heavy atom. The van der Waals surface area contributed by atoms with Gasteiger partial charge in [0.1, 0.15) is 0 Å². The van der Waals surface area contributed by atoms with Crippen molar-refractivity contribution in [3.05, 3.63) is 0 Å². The van der Waals surface area contributed by atoms with Crippen molar-refractivity contribution in [2.24, 2.45) is 5.92 Å². The molecule has 0 unspecified atom stereocenters. The van der Waals surface area contributed by atoms with E-state index in [4.69, 9.17) is 0 Å². The van der Waals surface area contributed by atoms with Gasteiger partial charge >= 0.3 is 23.1 Å². The van der Waals surface area contributed by atoms with E-state index in [2.05, 4.69) is 18.4 Å². The van der Waals surface area contributed by atoms with Crippen molar-refractivity contribution >= 4 is 30.9 Å². The van der Waals surface area contributed by atoms with Crippen LogP contribution in [0.2, 0.25) is 0 Å². The topological polar surface area (TPSA) is 72.4 Å². The SMILES string of the molecule is CC(C)CCCCCCCCCCOP(=O)([O-])[O-].[Mg+2]. The predicted molar refractivity (Wildman–Crippen MR) is 75.7 cm³/mol. The van der Waals surface area contributed by atoms with Gasteiger partial charge in [-0.1, -0.05) is 65.2 Å². The zero-order valence-electron chi connectivity index (χ0n) is 12.4. The van der Waals surface area contributed by atoms with Gasteiger partial charge in [0, 0.05) is 0 Å². The van der Waals surface area contributed by atoms with E-state index in [9.17, 15) is 14.4 Å². The van der Waals surface area contributed by atoms with Crippen molar-refractivity contribution in [1.29, 1.82) is 0 Å². The molecular weight excluding hydrogens is 275 g/mol. The molecule has 4 nitrogen and oxygen atoms in total. The van der Waals surface area contributed by atoms with E-state index in [1.807, 2.05) is 0 Å². The molecule has 0 bridgehead atoms. The zero-order chi connectivity index (χ0) is 13.9. The first-order valence-electron chi connectivity index (χ1n) is 7.08. The first-order chi connectivity index (χ1) is 8.42. The first kappa shape index (κ1) is 22.2. The zero-order valence-corrected chi connectivity index (χ0v) is 14.7. The molecule has 0 aromatic rings. The molecule has 6 heteroatoms. The van der Waals surface area contributed by atoms with E-state index >= 15 is 0 Å². The summed E-state index contributed by atoms with van der Waals surface area (Å²) in [6.45, 7) is 4.55. The molecule has 0 aliphatic rings. The third kappa shape index (κ3) is 21.3. The first-order valence-corrected chi connectivity index (χ1v) is 8.54. The van der Waals surface area contributed by atoms with Crippen LogP contribution in [0.1, 0.15) is 71.6 Å². The third-order valence-corrected chi connectivity index (χ3v) is 3.42. The quantitative estimate of drug-likeness (QED) is 0.315. The molecule has 0 atom stereocenters. The summed E-state index contributed by atoms with van der Waals surface area (Å²) < 4.78 is 14.3. The summed E-state index contributed by atoms with van der Waals surface area (Å²) >= 11 is 0. The molecule has 0 aliphatic heterocycles. The molecule has 0 fully saturated rings. The minimum absolute atomic E-state index is 0. The molecule has 0 spiro atoms. The molecule has 0 amide bonds. The Morgan fingerprint density at radius 3 is 1.74 bits per heavy atom. The maximum atomic E-state index is 10.2. The Hall–Kier alpha value is 0.876. The summed E-state index contributed by atoms with van der Waals surface area (Å²) in [6, 6.07) is 0. The van der Waals surface area contributed by atoms with E-state index in [0.29, 0.717) is 6.42 Å². The van der Waals surface area contributed by atoms with E-state index in [1.54, 1.807) is 0 Å². The molecule has 0 rings (SSSR count). The van der Waals surface area contributed by atoms with Crippen molar-refractivity contribution < 1.29 is 18.9 Å². The fraction of sp³-hybridized carbons (Fsp3) is 1.00. The average molecular weight is 303 g/mol. The van der Waals surface area contributed by atoms with Crippen LogP contribution in [0, 0.1) is 5.92 Å². The van der Waals surface area contributed by atoms with Crippen LogP contribution in [-0.2, 0) is 9.09 Å². The summed E-state index contributed by atoms with van der Waals surface area (Å²) in [6.07, 6.45) is 10.4. The largest absolute Gasteiger partial charge is 2.00 e. The molecule has 0 aromatic heterocycles. The Bertz CT molecular complexity index is 231. The second kappa shape index (κ2) is 13.8. The van der Waals surface area contributed by atoms with E-state index in [-0.39, 0.29) is 29.7 Å². The van der Waals surface area contributed by atoms with Gasteiger partial charge in [-0.3, -0.25) is 0 Å². The van der Waals surface area contributed by atoms with Crippen molar-refractivity contribution in [3.8, 4) is 0 Å². The van der Waals surface area contributed by atoms with Gasteiger partial charge < -0.3 is 18.9 Å². The fourth-order valence-corrected chi connectivity index (χ4v) is 2.24. The van der Waals surface area contributed by atoms with Gasteiger partial charge in [-0.15, -0.1) is 0 Å². The minimum Gasteiger partial charge on any atom is -0.790 e. The molecule has 0 radical (unpaired) electrons. The molecule has 0 aliphatic carbocycles. The number of phosphoric acid groups is 1. The summed E-state index contributed by atoms with van der Waals surface area (Å²) in [5.41, 5.74) is 0.